The van der Waals surface area contributed by atoms with E-state index in [9.17, 15) is 4.79 Å². The first-order valence-corrected chi connectivity index (χ1v) is 6.09. The summed E-state index contributed by atoms with van der Waals surface area (Å²) in [4.78, 5) is 15.8. The average molecular weight is 269 g/mol. The number of methoxy groups -OCH3 is 1. The number of carbonyl (C=O) groups excluding carboxylic acids is 1. The van der Waals surface area contributed by atoms with E-state index < -0.39 is 0 Å². The minimum absolute atomic E-state index is 0.290. The molecule has 0 bridgehead atoms. The summed E-state index contributed by atoms with van der Waals surface area (Å²) in [5, 5.41) is 3.90. The van der Waals surface area contributed by atoms with Crippen molar-refractivity contribution < 1.29 is 9.53 Å². The molecule has 0 atom stereocenters. The van der Waals surface area contributed by atoms with Gasteiger partial charge in [0.15, 0.2) is 0 Å². The van der Waals surface area contributed by atoms with Crippen molar-refractivity contribution >= 4 is 12.1 Å². The van der Waals surface area contributed by atoms with Crippen LogP contribution in [-0.2, 0) is 0 Å². The summed E-state index contributed by atoms with van der Waals surface area (Å²) in [5.74, 6) is 0.485. The van der Waals surface area contributed by atoms with Crippen molar-refractivity contribution in [1.29, 1.82) is 0 Å². The van der Waals surface area contributed by atoms with Crippen LogP contribution in [0, 0.1) is 6.92 Å². The summed E-state index contributed by atoms with van der Waals surface area (Å²) in [6.45, 7) is 1.86. The lowest BCUT2D eigenvalue weighted by Gasteiger charge is -2.00. The topological polar surface area (TPSA) is 63.6 Å². The van der Waals surface area contributed by atoms with E-state index in [4.69, 9.17) is 4.74 Å². The lowest BCUT2D eigenvalue weighted by atomic mass is 10.2. The van der Waals surface area contributed by atoms with Gasteiger partial charge in [0.2, 0.25) is 0 Å². The molecule has 2 aromatic rings. The van der Waals surface area contributed by atoms with Crippen LogP contribution in [0.15, 0.2) is 47.7 Å². The van der Waals surface area contributed by atoms with E-state index in [0.717, 1.165) is 17.0 Å². The summed E-state index contributed by atoms with van der Waals surface area (Å²) in [7, 11) is 1.61. The fraction of sp³-hybridized carbons (Fsp3) is 0.133. The van der Waals surface area contributed by atoms with E-state index in [1.54, 1.807) is 25.5 Å². The third kappa shape index (κ3) is 3.65. The minimum atomic E-state index is -0.290. The first-order valence-electron chi connectivity index (χ1n) is 6.09. The summed E-state index contributed by atoms with van der Waals surface area (Å²) in [6, 6.07) is 10.8. The molecule has 0 saturated heterocycles. The molecule has 1 amide bonds. The SMILES string of the molecule is COc1ccc(/C=N\NC(=O)c2ccc(C)nc2)cc1. The molecule has 1 aromatic heterocycles. The molecule has 1 aromatic carbocycles. The number of ether oxygens (including phenoxy) is 1. The highest BCUT2D eigenvalue weighted by molar-refractivity contribution is 5.94. The first-order chi connectivity index (χ1) is 9.69. The normalized spacial score (nSPS) is 10.5. The van der Waals surface area contributed by atoms with Crippen LogP contribution in [0.2, 0.25) is 0 Å². The molecule has 0 spiro atoms. The van der Waals surface area contributed by atoms with Gasteiger partial charge in [-0.1, -0.05) is 0 Å². The number of pyridine rings is 1. The summed E-state index contributed by atoms with van der Waals surface area (Å²) >= 11 is 0. The lowest BCUT2D eigenvalue weighted by Crippen LogP contribution is -2.17. The fourth-order valence-electron chi connectivity index (χ4n) is 1.52. The van der Waals surface area contributed by atoms with Crippen LogP contribution >= 0.6 is 0 Å². The molecule has 0 saturated carbocycles. The zero-order valence-electron chi connectivity index (χ0n) is 11.3. The molecule has 0 unspecified atom stereocenters. The van der Waals surface area contributed by atoms with Gasteiger partial charge in [-0.2, -0.15) is 5.10 Å². The molecule has 0 radical (unpaired) electrons. The second kappa shape index (κ2) is 6.47. The molecule has 102 valence electrons. The van der Waals surface area contributed by atoms with Crippen molar-refractivity contribution in [2.45, 2.75) is 6.92 Å². The zero-order chi connectivity index (χ0) is 14.4. The van der Waals surface area contributed by atoms with Crippen LogP contribution in [0.1, 0.15) is 21.6 Å². The quantitative estimate of drug-likeness (QED) is 0.683. The molecule has 20 heavy (non-hydrogen) atoms. The van der Waals surface area contributed by atoms with Gasteiger partial charge in [0.05, 0.1) is 18.9 Å². The Morgan fingerprint density at radius 3 is 2.60 bits per heavy atom. The van der Waals surface area contributed by atoms with Crippen molar-refractivity contribution in [2.24, 2.45) is 5.10 Å². The highest BCUT2D eigenvalue weighted by Crippen LogP contribution is 2.09. The number of aromatic nitrogens is 1. The molecule has 2 rings (SSSR count). The smallest absolute Gasteiger partial charge is 0.272 e. The highest BCUT2D eigenvalue weighted by Gasteiger charge is 2.03. The van der Waals surface area contributed by atoms with E-state index in [1.807, 2.05) is 31.2 Å². The molecule has 0 aliphatic rings. The van der Waals surface area contributed by atoms with Crippen molar-refractivity contribution in [2.75, 3.05) is 7.11 Å². The van der Waals surface area contributed by atoms with Gasteiger partial charge in [-0.3, -0.25) is 9.78 Å². The maximum Gasteiger partial charge on any atom is 0.272 e. The Hall–Kier alpha value is -2.69. The third-order valence-corrected chi connectivity index (χ3v) is 2.67. The predicted molar refractivity (Wildman–Crippen MR) is 77.0 cm³/mol. The fourth-order valence-corrected chi connectivity index (χ4v) is 1.52. The number of hydrogen-bond acceptors (Lipinski definition) is 4. The Bertz CT molecular complexity index is 604. The second-order valence-corrected chi connectivity index (χ2v) is 4.16. The Balaban J connectivity index is 1.95. The number of nitrogens with one attached hydrogen (secondary N) is 1. The van der Waals surface area contributed by atoms with Crippen LogP contribution < -0.4 is 10.2 Å². The molecule has 5 heteroatoms. The van der Waals surface area contributed by atoms with Gasteiger partial charge in [-0.25, -0.2) is 5.43 Å². The number of nitrogens with zero attached hydrogens (tertiary/aromatic N) is 2. The Kier molecular flexibility index (Phi) is 4.44. The van der Waals surface area contributed by atoms with E-state index in [0.29, 0.717) is 5.56 Å². The summed E-state index contributed by atoms with van der Waals surface area (Å²) in [6.07, 6.45) is 3.09. The van der Waals surface area contributed by atoms with E-state index >= 15 is 0 Å². The molecule has 0 fully saturated rings. The van der Waals surface area contributed by atoms with Crippen LogP contribution in [0.4, 0.5) is 0 Å². The molecular formula is C15H15N3O2. The molecular weight excluding hydrogens is 254 g/mol. The number of hydrazone groups is 1. The predicted octanol–water partition coefficient (Wildman–Crippen LogP) is 2.16. The third-order valence-electron chi connectivity index (χ3n) is 2.67. The molecule has 1 N–H and O–H groups in total. The van der Waals surface area contributed by atoms with Gasteiger partial charge in [0.25, 0.3) is 5.91 Å². The molecule has 1 heterocycles. The largest absolute Gasteiger partial charge is 0.497 e. The maximum absolute atomic E-state index is 11.8. The van der Waals surface area contributed by atoms with Crippen LogP contribution in [0.3, 0.4) is 0 Å². The zero-order valence-corrected chi connectivity index (χ0v) is 11.3. The Labute approximate surface area is 117 Å². The van der Waals surface area contributed by atoms with Crippen LogP contribution in [-0.4, -0.2) is 24.2 Å². The number of aryl methyl sites for hydroxylation is 1. The number of amides is 1. The minimum Gasteiger partial charge on any atom is -0.497 e. The van der Waals surface area contributed by atoms with Crippen molar-refractivity contribution in [1.82, 2.24) is 10.4 Å². The standard InChI is InChI=1S/C15H15N3O2/c1-11-3-6-13(10-16-11)15(19)18-17-9-12-4-7-14(20-2)8-5-12/h3-10H,1-2H3,(H,18,19)/b17-9-. The van der Waals surface area contributed by atoms with Gasteiger partial charge in [-0.15, -0.1) is 0 Å². The summed E-state index contributed by atoms with van der Waals surface area (Å²) in [5.41, 5.74) is 4.66. The van der Waals surface area contributed by atoms with Crippen molar-refractivity contribution in [3.8, 4) is 5.75 Å². The number of carbonyl (C=O) groups is 1. The first kappa shape index (κ1) is 13.7. The van der Waals surface area contributed by atoms with Gasteiger partial charge in [0.1, 0.15) is 5.75 Å². The van der Waals surface area contributed by atoms with Crippen LogP contribution in [0.5, 0.6) is 5.75 Å². The summed E-state index contributed by atoms with van der Waals surface area (Å²) < 4.78 is 5.06. The van der Waals surface area contributed by atoms with Crippen molar-refractivity contribution in [3.05, 3.63) is 59.4 Å². The van der Waals surface area contributed by atoms with Crippen LogP contribution in [0.25, 0.3) is 0 Å². The number of rotatable bonds is 4. The van der Waals surface area contributed by atoms with E-state index in [-0.39, 0.29) is 5.91 Å². The Morgan fingerprint density at radius 1 is 1.25 bits per heavy atom. The monoisotopic (exact) mass is 269 g/mol. The van der Waals surface area contributed by atoms with E-state index in [2.05, 4.69) is 15.5 Å². The molecule has 0 aliphatic heterocycles. The average Bonchev–Trinajstić information content (AvgIpc) is 2.48. The molecule has 5 nitrogen and oxygen atoms in total. The highest BCUT2D eigenvalue weighted by atomic mass is 16.5. The van der Waals surface area contributed by atoms with Gasteiger partial charge < -0.3 is 4.74 Å². The van der Waals surface area contributed by atoms with Crippen molar-refractivity contribution in [3.63, 3.8) is 0 Å². The maximum atomic E-state index is 11.8. The van der Waals surface area contributed by atoms with Gasteiger partial charge in [0, 0.05) is 11.9 Å². The molecule has 0 aliphatic carbocycles. The van der Waals surface area contributed by atoms with Gasteiger partial charge in [-0.05, 0) is 48.9 Å². The second-order valence-electron chi connectivity index (χ2n) is 4.16. The lowest BCUT2D eigenvalue weighted by molar-refractivity contribution is 0.0955. The number of benzene rings is 1. The Morgan fingerprint density at radius 2 is 2.00 bits per heavy atom. The number of hydrogen-bond donors (Lipinski definition) is 1. The van der Waals surface area contributed by atoms with E-state index in [1.165, 1.54) is 6.20 Å². The van der Waals surface area contributed by atoms with Gasteiger partial charge >= 0.3 is 0 Å².